The molecule has 1 aromatic rings. The maximum Gasteiger partial charge on any atom is 0.344 e. The third-order valence-electron chi connectivity index (χ3n) is 3.45. The number of nitrogens with zero attached hydrogens (tertiary/aromatic N) is 5. The van der Waals surface area contributed by atoms with E-state index in [1.807, 2.05) is 0 Å². The number of ether oxygens (including phenoxy) is 1. The maximum absolute atomic E-state index is 13.3. The van der Waals surface area contributed by atoms with E-state index in [1.54, 1.807) is 0 Å². The van der Waals surface area contributed by atoms with Crippen molar-refractivity contribution >= 4 is 18.0 Å². The van der Waals surface area contributed by atoms with Crippen molar-refractivity contribution in [2.45, 2.75) is 6.17 Å². The number of rotatable bonds is 2. The van der Waals surface area contributed by atoms with Gasteiger partial charge in [-0.2, -0.15) is 5.01 Å². The zero-order chi connectivity index (χ0) is 16.4. The highest BCUT2D eigenvalue weighted by Crippen LogP contribution is 2.26. The first-order valence-corrected chi connectivity index (χ1v) is 6.88. The van der Waals surface area contributed by atoms with Crippen LogP contribution in [0.2, 0.25) is 0 Å². The summed E-state index contributed by atoms with van der Waals surface area (Å²) in [5.74, 6) is -1.64. The van der Waals surface area contributed by atoms with E-state index >= 15 is 0 Å². The van der Waals surface area contributed by atoms with E-state index in [0.29, 0.717) is 38.7 Å². The summed E-state index contributed by atoms with van der Waals surface area (Å²) in [5, 5.41) is 9.19. The van der Waals surface area contributed by atoms with Crippen molar-refractivity contribution < 1.29 is 23.1 Å². The number of hydrogen-bond donors (Lipinski definition) is 0. The SMILES string of the molecule is O=CC1N(C(=O)N2CCOCC2)N=NN1c1cc(F)cc(F)c1. The molecule has 2 aliphatic rings. The Morgan fingerprint density at radius 2 is 1.83 bits per heavy atom. The summed E-state index contributed by atoms with van der Waals surface area (Å²) in [7, 11) is 0. The van der Waals surface area contributed by atoms with Crippen LogP contribution in [0.25, 0.3) is 0 Å². The molecule has 0 bridgehead atoms. The highest BCUT2D eigenvalue weighted by molar-refractivity contribution is 5.80. The van der Waals surface area contributed by atoms with E-state index in [4.69, 9.17) is 4.74 Å². The summed E-state index contributed by atoms with van der Waals surface area (Å²) in [6, 6.07) is 2.18. The van der Waals surface area contributed by atoms with Gasteiger partial charge in [-0.15, -0.1) is 0 Å². The third kappa shape index (κ3) is 2.97. The van der Waals surface area contributed by atoms with E-state index in [2.05, 4.69) is 10.4 Å². The van der Waals surface area contributed by atoms with Crippen molar-refractivity contribution in [1.29, 1.82) is 0 Å². The average Bonchev–Trinajstić information content (AvgIpc) is 2.98. The van der Waals surface area contributed by atoms with Crippen molar-refractivity contribution in [3.8, 4) is 0 Å². The molecule has 0 aliphatic carbocycles. The molecule has 0 aromatic heterocycles. The van der Waals surface area contributed by atoms with Gasteiger partial charge in [0, 0.05) is 19.2 Å². The van der Waals surface area contributed by atoms with Gasteiger partial charge in [0.15, 0.2) is 6.29 Å². The smallest absolute Gasteiger partial charge is 0.344 e. The van der Waals surface area contributed by atoms with Crippen LogP contribution in [-0.4, -0.2) is 54.7 Å². The normalized spacial score (nSPS) is 21.0. The predicted molar refractivity (Wildman–Crippen MR) is 73.2 cm³/mol. The summed E-state index contributed by atoms with van der Waals surface area (Å²) >= 11 is 0. The fraction of sp³-hybridized carbons (Fsp3) is 0.385. The van der Waals surface area contributed by atoms with Crippen LogP contribution in [0.15, 0.2) is 28.6 Å². The van der Waals surface area contributed by atoms with Gasteiger partial charge in [-0.25, -0.2) is 18.6 Å². The zero-order valence-electron chi connectivity index (χ0n) is 11.9. The second-order valence-corrected chi connectivity index (χ2v) is 4.93. The summed E-state index contributed by atoms with van der Waals surface area (Å²) in [5.41, 5.74) is -0.0133. The first kappa shape index (κ1) is 15.3. The molecule has 1 unspecified atom stereocenters. The van der Waals surface area contributed by atoms with Gasteiger partial charge < -0.3 is 9.64 Å². The second kappa shape index (κ2) is 6.24. The zero-order valence-corrected chi connectivity index (χ0v) is 11.9. The standard InChI is InChI=1S/C13H13F2N5O3/c14-9-5-10(15)7-11(6-9)19-12(8-21)20(17-16-19)13(22)18-1-3-23-4-2-18/h5-8,12H,1-4H2. The first-order valence-electron chi connectivity index (χ1n) is 6.88. The van der Waals surface area contributed by atoms with Crippen molar-refractivity contribution in [3.05, 3.63) is 29.8 Å². The minimum Gasteiger partial charge on any atom is -0.378 e. The van der Waals surface area contributed by atoms with Crippen LogP contribution in [0.5, 0.6) is 0 Å². The third-order valence-corrected chi connectivity index (χ3v) is 3.45. The van der Waals surface area contributed by atoms with Gasteiger partial charge in [-0.05, 0) is 22.6 Å². The van der Waals surface area contributed by atoms with Crippen molar-refractivity contribution in [2.24, 2.45) is 10.4 Å². The van der Waals surface area contributed by atoms with Gasteiger partial charge in [0.25, 0.3) is 0 Å². The molecule has 122 valence electrons. The van der Waals surface area contributed by atoms with E-state index in [0.717, 1.165) is 22.2 Å². The number of halogens is 2. The van der Waals surface area contributed by atoms with Crippen molar-refractivity contribution in [3.63, 3.8) is 0 Å². The van der Waals surface area contributed by atoms with Crippen LogP contribution in [0.4, 0.5) is 19.3 Å². The molecule has 1 saturated heterocycles. The molecule has 0 radical (unpaired) electrons. The van der Waals surface area contributed by atoms with Gasteiger partial charge in [0.2, 0.25) is 6.17 Å². The van der Waals surface area contributed by atoms with Gasteiger partial charge >= 0.3 is 6.03 Å². The molecule has 8 nitrogen and oxygen atoms in total. The number of hydrogen-bond acceptors (Lipinski definition) is 6. The Kier molecular flexibility index (Phi) is 4.15. The lowest BCUT2D eigenvalue weighted by Gasteiger charge is -2.30. The molecular weight excluding hydrogens is 312 g/mol. The maximum atomic E-state index is 13.3. The Labute approximate surface area is 129 Å². The molecular formula is C13H13F2N5O3. The molecule has 2 aliphatic heterocycles. The number of morpholine rings is 1. The van der Waals surface area contributed by atoms with Crippen LogP contribution in [-0.2, 0) is 9.53 Å². The first-order chi connectivity index (χ1) is 11.1. The summed E-state index contributed by atoms with van der Waals surface area (Å²) in [6.07, 6.45) is -0.771. The summed E-state index contributed by atoms with van der Waals surface area (Å²) in [6.45, 7) is 1.51. The Hall–Kier alpha value is -2.62. The lowest BCUT2D eigenvalue weighted by atomic mass is 10.3. The molecule has 10 heteroatoms. The van der Waals surface area contributed by atoms with Gasteiger partial charge in [-0.1, -0.05) is 0 Å². The topological polar surface area (TPSA) is 77.8 Å². The van der Waals surface area contributed by atoms with Crippen LogP contribution in [0.3, 0.4) is 0 Å². The van der Waals surface area contributed by atoms with Crippen molar-refractivity contribution in [2.75, 3.05) is 31.3 Å². The molecule has 2 amide bonds. The monoisotopic (exact) mass is 325 g/mol. The second-order valence-electron chi connectivity index (χ2n) is 4.93. The molecule has 0 saturated carbocycles. The van der Waals surface area contributed by atoms with E-state index in [9.17, 15) is 18.4 Å². The summed E-state index contributed by atoms with van der Waals surface area (Å²) < 4.78 is 31.8. The summed E-state index contributed by atoms with van der Waals surface area (Å²) in [4.78, 5) is 25.2. The number of carbonyl (C=O) groups excluding carboxylic acids is 2. The molecule has 1 aromatic carbocycles. The molecule has 1 fully saturated rings. The molecule has 2 heterocycles. The number of amides is 2. The highest BCUT2D eigenvalue weighted by atomic mass is 19.1. The van der Waals surface area contributed by atoms with Gasteiger partial charge in [0.05, 0.1) is 18.9 Å². The number of carbonyl (C=O) groups is 2. The number of benzene rings is 1. The highest BCUT2D eigenvalue weighted by Gasteiger charge is 2.38. The largest absolute Gasteiger partial charge is 0.378 e. The Balaban J connectivity index is 1.81. The lowest BCUT2D eigenvalue weighted by Crippen LogP contribution is -2.51. The molecule has 1 atom stereocenters. The molecule has 0 spiro atoms. The molecule has 3 rings (SSSR count). The molecule has 0 N–H and O–H groups in total. The Morgan fingerprint density at radius 1 is 1.17 bits per heavy atom. The predicted octanol–water partition coefficient (Wildman–Crippen LogP) is 1.35. The number of anilines is 1. The Bertz CT molecular complexity index is 630. The average molecular weight is 325 g/mol. The van der Waals surface area contributed by atoms with Gasteiger partial charge in [-0.3, -0.25) is 4.79 Å². The van der Waals surface area contributed by atoms with E-state index in [-0.39, 0.29) is 5.69 Å². The number of urea groups is 1. The quantitative estimate of drug-likeness (QED) is 0.769. The lowest BCUT2D eigenvalue weighted by molar-refractivity contribution is -0.111. The van der Waals surface area contributed by atoms with Crippen molar-refractivity contribution in [1.82, 2.24) is 9.91 Å². The fourth-order valence-corrected chi connectivity index (χ4v) is 2.34. The van der Waals surface area contributed by atoms with Gasteiger partial charge in [0.1, 0.15) is 11.6 Å². The van der Waals surface area contributed by atoms with Crippen LogP contribution in [0, 0.1) is 11.6 Å². The Morgan fingerprint density at radius 3 is 2.43 bits per heavy atom. The molecule has 23 heavy (non-hydrogen) atoms. The van der Waals surface area contributed by atoms with Crippen LogP contribution >= 0.6 is 0 Å². The van der Waals surface area contributed by atoms with E-state index in [1.165, 1.54) is 4.90 Å². The van der Waals surface area contributed by atoms with E-state index < -0.39 is 23.8 Å². The number of aldehydes is 1. The van der Waals surface area contributed by atoms with Crippen LogP contribution < -0.4 is 5.01 Å². The minimum atomic E-state index is -1.20. The fourth-order valence-electron chi connectivity index (χ4n) is 2.34. The van der Waals surface area contributed by atoms with Crippen LogP contribution in [0.1, 0.15) is 0 Å². The minimum absolute atomic E-state index is 0.0133.